The van der Waals surface area contributed by atoms with Gasteiger partial charge in [-0.1, -0.05) is 12.1 Å². The van der Waals surface area contributed by atoms with Gasteiger partial charge in [0.2, 0.25) is 11.8 Å². The summed E-state index contributed by atoms with van der Waals surface area (Å²) in [6, 6.07) is 9.02. The van der Waals surface area contributed by atoms with E-state index in [9.17, 15) is 19.2 Å². The molecule has 4 amide bonds. The minimum Gasteiger partial charge on any atom is -0.370 e. The Hall–Kier alpha value is -2.72. The molecule has 5 N–H and O–H groups in total. The summed E-state index contributed by atoms with van der Waals surface area (Å²) in [4.78, 5) is 48.1. The van der Waals surface area contributed by atoms with Crippen molar-refractivity contribution in [2.75, 3.05) is 11.9 Å². The van der Waals surface area contributed by atoms with Gasteiger partial charge in [0.1, 0.15) is 6.04 Å². The largest absolute Gasteiger partial charge is 0.370 e. The lowest BCUT2D eigenvalue weighted by Crippen LogP contribution is -2.41. The minimum atomic E-state index is -0.820. The maximum Gasteiger partial charge on any atom is 0.262 e. The average Bonchev–Trinajstić information content (AvgIpc) is 3.08. The van der Waals surface area contributed by atoms with E-state index in [1.807, 2.05) is 0 Å². The molecule has 0 fully saturated rings. The van der Waals surface area contributed by atoms with Crippen LogP contribution in [0.1, 0.15) is 33.4 Å². The van der Waals surface area contributed by atoms with E-state index in [-0.39, 0.29) is 24.4 Å². The molecule has 148 valence electrons. The van der Waals surface area contributed by atoms with E-state index in [2.05, 4.69) is 31.9 Å². The molecule has 0 aliphatic heterocycles. The van der Waals surface area contributed by atoms with Gasteiger partial charge >= 0.3 is 0 Å². The summed E-state index contributed by atoms with van der Waals surface area (Å²) in [6.45, 7) is 1.64. The van der Waals surface area contributed by atoms with Crippen LogP contribution < -0.4 is 21.7 Å². The number of carbonyl (C=O) groups excluding carboxylic acids is 4. The zero-order chi connectivity index (χ0) is 20.7. The van der Waals surface area contributed by atoms with Gasteiger partial charge in [-0.3, -0.25) is 19.2 Å². The molecule has 0 radical (unpaired) electrons. The van der Waals surface area contributed by atoms with Crippen LogP contribution in [0.2, 0.25) is 0 Å². The van der Waals surface area contributed by atoms with Gasteiger partial charge in [0.15, 0.2) is 0 Å². The number of benzene rings is 1. The number of rotatable bonds is 8. The fraction of sp³-hybridized carbons (Fsp3) is 0.222. The normalized spacial score (nSPS) is 11.4. The van der Waals surface area contributed by atoms with Crippen molar-refractivity contribution in [2.45, 2.75) is 19.4 Å². The van der Waals surface area contributed by atoms with E-state index in [1.54, 1.807) is 43.3 Å². The molecule has 0 aliphatic carbocycles. The summed E-state index contributed by atoms with van der Waals surface area (Å²) >= 11 is 4.54. The molecule has 10 heteroatoms. The van der Waals surface area contributed by atoms with Crippen LogP contribution in [0.15, 0.2) is 40.2 Å². The summed E-state index contributed by atoms with van der Waals surface area (Å²) < 4.78 is 0.811. The first kappa shape index (κ1) is 21.6. The van der Waals surface area contributed by atoms with Crippen molar-refractivity contribution in [1.29, 1.82) is 0 Å². The van der Waals surface area contributed by atoms with Crippen molar-refractivity contribution >= 4 is 56.6 Å². The summed E-state index contributed by atoms with van der Waals surface area (Å²) in [5, 5.41) is 7.82. The number of amides is 4. The van der Waals surface area contributed by atoms with Crippen molar-refractivity contribution in [3.05, 3.63) is 50.6 Å². The first-order valence-electron chi connectivity index (χ1n) is 8.30. The standard InChI is InChI=1S/C18H19BrN4O4S/c1-10(22-18(27)13-6-7-14(19)28-13)16(25)23-12-5-3-2-4-11(12)17(26)21-9-8-15(20)24/h2-7,10H,8-9H2,1H3,(H2,20,24)(H,21,26)(H,22,27)(H,23,25). The van der Waals surface area contributed by atoms with Crippen LogP contribution in [0.5, 0.6) is 0 Å². The lowest BCUT2D eigenvalue weighted by atomic mass is 10.1. The Morgan fingerprint density at radius 2 is 1.82 bits per heavy atom. The molecule has 1 unspecified atom stereocenters. The smallest absolute Gasteiger partial charge is 0.262 e. The number of hydrogen-bond acceptors (Lipinski definition) is 5. The molecular weight excluding hydrogens is 448 g/mol. The maximum atomic E-state index is 12.4. The quantitative estimate of drug-likeness (QED) is 0.472. The molecule has 0 bridgehead atoms. The van der Waals surface area contributed by atoms with Gasteiger partial charge in [-0.2, -0.15) is 0 Å². The Balaban J connectivity index is 2.00. The van der Waals surface area contributed by atoms with Crippen LogP contribution in [0.3, 0.4) is 0 Å². The van der Waals surface area contributed by atoms with E-state index < -0.39 is 23.8 Å². The molecule has 8 nitrogen and oxygen atoms in total. The van der Waals surface area contributed by atoms with Crippen LogP contribution in [-0.4, -0.2) is 36.2 Å². The number of carbonyl (C=O) groups is 4. The van der Waals surface area contributed by atoms with Gasteiger partial charge in [0.25, 0.3) is 11.8 Å². The number of anilines is 1. The number of halogens is 1. The van der Waals surface area contributed by atoms with E-state index in [4.69, 9.17) is 5.73 Å². The molecule has 28 heavy (non-hydrogen) atoms. The second-order valence-electron chi connectivity index (χ2n) is 5.81. The molecule has 1 aromatic carbocycles. The Morgan fingerprint density at radius 3 is 2.46 bits per heavy atom. The third-order valence-electron chi connectivity index (χ3n) is 3.62. The third-order valence-corrected chi connectivity index (χ3v) is 5.25. The highest BCUT2D eigenvalue weighted by Crippen LogP contribution is 2.22. The second kappa shape index (κ2) is 10.00. The summed E-state index contributed by atoms with van der Waals surface area (Å²) in [5.41, 5.74) is 5.58. The molecule has 0 spiro atoms. The zero-order valence-corrected chi connectivity index (χ0v) is 17.4. The molecule has 1 aromatic heterocycles. The monoisotopic (exact) mass is 466 g/mol. The van der Waals surface area contributed by atoms with Crippen LogP contribution in [0.4, 0.5) is 5.69 Å². The number of nitrogens with one attached hydrogen (secondary N) is 3. The molecule has 0 saturated carbocycles. The summed E-state index contributed by atoms with van der Waals surface area (Å²) in [7, 11) is 0. The number of nitrogens with two attached hydrogens (primary N) is 1. The van der Waals surface area contributed by atoms with Crippen molar-refractivity contribution in [3.63, 3.8) is 0 Å². The lowest BCUT2D eigenvalue weighted by molar-refractivity contribution is -0.118. The van der Waals surface area contributed by atoms with Gasteiger partial charge in [-0.05, 0) is 47.1 Å². The molecular formula is C18H19BrN4O4S. The molecule has 2 aromatic rings. The molecule has 1 atom stereocenters. The Kier molecular flexibility index (Phi) is 7.70. The Labute approximate surface area is 174 Å². The SMILES string of the molecule is CC(NC(=O)c1ccc(Br)s1)C(=O)Nc1ccccc1C(=O)NCCC(N)=O. The predicted molar refractivity (Wildman–Crippen MR) is 110 cm³/mol. The summed E-state index contributed by atoms with van der Waals surface area (Å²) in [5.74, 6) is -1.81. The Bertz CT molecular complexity index is 899. The molecule has 0 aliphatic rings. The number of primary amides is 1. The highest BCUT2D eigenvalue weighted by molar-refractivity contribution is 9.11. The van der Waals surface area contributed by atoms with Crippen molar-refractivity contribution in [1.82, 2.24) is 10.6 Å². The highest BCUT2D eigenvalue weighted by atomic mass is 79.9. The number of hydrogen-bond donors (Lipinski definition) is 4. The minimum absolute atomic E-state index is 0.0160. The molecule has 2 rings (SSSR count). The van der Waals surface area contributed by atoms with Gasteiger partial charge in [0.05, 0.1) is 19.9 Å². The van der Waals surface area contributed by atoms with Crippen molar-refractivity contribution in [3.8, 4) is 0 Å². The fourth-order valence-electron chi connectivity index (χ4n) is 2.20. The fourth-order valence-corrected chi connectivity index (χ4v) is 3.48. The van der Waals surface area contributed by atoms with E-state index in [1.165, 1.54) is 11.3 Å². The first-order valence-corrected chi connectivity index (χ1v) is 9.91. The number of thiophene rings is 1. The van der Waals surface area contributed by atoms with Gasteiger partial charge in [0, 0.05) is 13.0 Å². The van der Waals surface area contributed by atoms with Crippen molar-refractivity contribution < 1.29 is 19.2 Å². The maximum absolute atomic E-state index is 12.4. The number of para-hydroxylation sites is 1. The average molecular weight is 467 g/mol. The van der Waals surface area contributed by atoms with E-state index in [0.29, 0.717) is 10.6 Å². The van der Waals surface area contributed by atoms with Gasteiger partial charge in [-0.25, -0.2) is 0 Å². The van der Waals surface area contributed by atoms with Crippen LogP contribution in [0, 0.1) is 0 Å². The van der Waals surface area contributed by atoms with E-state index in [0.717, 1.165) is 3.79 Å². The zero-order valence-electron chi connectivity index (χ0n) is 15.0. The van der Waals surface area contributed by atoms with Crippen LogP contribution in [-0.2, 0) is 9.59 Å². The third kappa shape index (κ3) is 6.17. The van der Waals surface area contributed by atoms with Gasteiger partial charge < -0.3 is 21.7 Å². The molecule has 0 saturated heterocycles. The Morgan fingerprint density at radius 1 is 1.11 bits per heavy atom. The van der Waals surface area contributed by atoms with Gasteiger partial charge in [-0.15, -0.1) is 11.3 Å². The molecule has 1 heterocycles. The van der Waals surface area contributed by atoms with Crippen LogP contribution >= 0.6 is 27.3 Å². The van der Waals surface area contributed by atoms with Crippen LogP contribution in [0.25, 0.3) is 0 Å². The second-order valence-corrected chi connectivity index (χ2v) is 8.27. The topological polar surface area (TPSA) is 130 Å². The lowest BCUT2D eigenvalue weighted by Gasteiger charge is -2.15. The predicted octanol–water partition coefficient (Wildman–Crippen LogP) is 1.87. The van der Waals surface area contributed by atoms with Crippen molar-refractivity contribution in [2.24, 2.45) is 5.73 Å². The van der Waals surface area contributed by atoms with E-state index >= 15 is 0 Å². The highest BCUT2D eigenvalue weighted by Gasteiger charge is 2.20. The summed E-state index contributed by atoms with van der Waals surface area (Å²) in [6.07, 6.45) is 0.0160. The first-order chi connectivity index (χ1) is 13.3.